The monoisotopic (exact) mass is 639 g/mol. The minimum absolute atomic E-state index is 0.0292. The average Bonchev–Trinajstić information content (AvgIpc) is 2.92. The summed E-state index contributed by atoms with van der Waals surface area (Å²) in [5, 5.41) is 9.51. The maximum absolute atomic E-state index is 13.4. The Balaban J connectivity index is 1.61. The van der Waals surface area contributed by atoms with E-state index in [0.717, 1.165) is 25.7 Å². The third-order valence-electron chi connectivity index (χ3n) is 7.11. The molecule has 0 bridgehead atoms. The number of urea groups is 2. The van der Waals surface area contributed by atoms with Gasteiger partial charge in [0.15, 0.2) is 0 Å². The summed E-state index contributed by atoms with van der Waals surface area (Å²) in [7, 11) is -3.80. The number of hydrogen-bond acceptors (Lipinski definition) is 4. The summed E-state index contributed by atoms with van der Waals surface area (Å²) in [6, 6.07) is 12.8. The van der Waals surface area contributed by atoms with E-state index in [4.69, 9.17) is 23.2 Å². The molecule has 12 heteroatoms. The van der Waals surface area contributed by atoms with Gasteiger partial charge in [-0.1, -0.05) is 74.5 Å². The van der Waals surface area contributed by atoms with Gasteiger partial charge in [0.05, 0.1) is 5.02 Å². The van der Waals surface area contributed by atoms with E-state index in [1.807, 2.05) is 30.3 Å². The summed E-state index contributed by atoms with van der Waals surface area (Å²) < 4.78 is 28.0. The molecule has 1 fully saturated rings. The molecule has 0 radical (unpaired) electrons. The Morgan fingerprint density at radius 3 is 2.38 bits per heavy atom. The number of benzene rings is 2. The van der Waals surface area contributed by atoms with E-state index in [-0.39, 0.29) is 40.6 Å². The van der Waals surface area contributed by atoms with Crippen LogP contribution in [-0.2, 0) is 10.0 Å². The highest BCUT2D eigenvalue weighted by molar-refractivity contribution is 7.89. The average molecular weight is 641 g/mol. The van der Waals surface area contributed by atoms with E-state index in [2.05, 4.69) is 34.5 Å². The number of carbonyl (C=O) groups is 2. The normalized spacial score (nSPS) is 14.8. The van der Waals surface area contributed by atoms with Gasteiger partial charge >= 0.3 is 12.1 Å². The van der Waals surface area contributed by atoms with Crippen molar-refractivity contribution in [2.24, 2.45) is 5.92 Å². The molecule has 2 aromatic carbocycles. The summed E-state index contributed by atoms with van der Waals surface area (Å²) in [6.45, 7) is 5.10. The van der Waals surface area contributed by atoms with E-state index in [1.165, 1.54) is 24.6 Å². The van der Waals surface area contributed by atoms with Gasteiger partial charge in [0.2, 0.25) is 10.0 Å². The maximum atomic E-state index is 13.4. The predicted molar refractivity (Wildman–Crippen MR) is 170 cm³/mol. The zero-order chi connectivity index (χ0) is 30.5. The second-order valence-corrected chi connectivity index (χ2v) is 13.8. The third kappa shape index (κ3) is 11.6. The Bertz CT molecular complexity index is 1260. The van der Waals surface area contributed by atoms with Gasteiger partial charge in [-0.15, -0.1) is 0 Å². The first-order valence-corrected chi connectivity index (χ1v) is 16.9. The maximum Gasteiger partial charge on any atom is 0.319 e. The summed E-state index contributed by atoms with van der Waals surface area (Å²) in [5.74, 6) is 0.296. The second kappa shape index (κ2) is 16.9. The van der Waals surface area contributed by atoms with Crippen LogP contribution in [-0.4, -0.2) is 57.1 Å². The molecule has 1 aliphatic carbocycles. The third-order valence-corrected chi connectivity index (χ3v) is 9.29. The van der Waals surface area contributed by atoms with Crippen LogP contribution in [0.5, 0.6) is 0 Å². The molecule has 1 aliphatic rings. The van der Waals surface area contributed by atoms with E-state index < -0.39 is 10.0 Å². The summed E-state index contributed by atoms with van der Waals surface area (Å²) in [4.78, 5) is 28.0. The Hall–Kier alpha value is -2.53. The number of sulfonamides is 1. The summed E-state index contributed by atoms with van der Waals surface area (Å²) >= 11 is 12.0. The zero-order valence-corrected chi connectivity index (χ0v) is 26.7. The van der Waals surface area contributed by atoms with Gasteiger partial charge in [0.1, 0.15) is 4.90 Å². The molecule has 42 heavy (non-hydrogen) atoms. The smallest absolute Gasteiger partial charge is 0.319 e. The Morgan fingerprint density at radius 2 is 1.71 bits per heavy atom. The number of unbranched alkanes of at least 4 members (excludes halogenated alkanes) is 1. The molecule has 0 aliphatic heterocycles. The molecule has 1 saturated carbocycles. The Labute approximate surface area is 260 Å². The van der Waals surface area contributed by atoms with Crippen molar-refractivity contribution in [2.45, 2.75) is 82.2 Å². The number of hydrogen-bond donors (Lipinski definition) is 4. The summed E-state index contributed by atoms with van der Waals surface area (Å²) in [5.41, 5.74) is 0.688. The summed E-state index contributed by atoms with van der Waals surface area (Å²) in [6.07, 6.45) is 7.07. The largest absolute Gasteiger partial charge is 0.335 e. The van der Waals surface area contributed by atoms with Crippen molar-refractivity contribution in [2.75, 3.05) is 25.0 Å². The van der Waals surface area contributed by atoms with Crippen molar-refractivity contribution in [1.82, 2.24) is 20.3 Å². The molecule has 0 saturated heterocycles. The van der Waals surface area contributed by atoms with E-state index >= 15 is 0 Å². The molecule has 0 spiro atoms. The van der Waals surface area contributed by atoms with Gasteiger partial charge in [-0.2, -0.15) is 0 Å². The van der Waals surface area contributed by atoms with Crippen molar-refractivity contribution < 1.29 is 18.0 Å². The van der Waals surface area contributed by atoms with Crippen LogP contribution in [0.1, 0.15) is 65.2 Å². The number of rotatable bonds is 14. The molecule has 0 unspecified atom stereocenters. The number of carbonyl (C=O) groups excluding carboxylic acids is 2. The van der Waals surface area contributed by atoms with E-state index in [1.54, 1.807) is 4.90 Å². The van der Waals surface area contributed by atoms with Crippen molar-refractivity contribution in [3.63, 3.8) is 0 Å². The Morgan fingerprint density at radius 1 is 1.00 bits per heavy atom. The standard InChI is InChI=1S/C30H43Cl2N5O4S/c1-22(2)19-26(35-29(38)34-24-11-5-3-6-12-24)21-37(30(39)36-25-13-7-4-8-14-25)18-10-9-17-33-42(40,41)28-16-15-23(31)20-27(28)32/h3,5-6,11-12,15-16,20,22,25-26,33H,4,7-10,13-14,17-19,21H2,1-2H3,(H,36,39)(H2,34,35,38)/t26-/m1/s1. The van der Waals surface area contributed by atoms with Gasteiger partial charge in [0.25, 0.3) is 0 Å². The lowest BCUT2D eigenvalue weighted by molar-refractivity contribution is 0.179. The number of nitrogens with one attached hydrogen (secondary N) is 4. The van der Waals surface area contributed by atoms with Crippen LogP contribution in [0.3, 0.4) is 0 Å². The number of halogens is 2. The first-order chi connectivity index (χ1) is 20.0. The van der Waals surface area contributed by atoms with E-state index in [9.17, 15) is 18.0 Å². The van der Waals surface area contributed by atoms with Gasteiger partial charge in [0, 0.05) is 42.4 Å². The van der Waals surface area contributed by atoms with Crippen LogP contribution in [0.2, 0.25) is 10.0 Å². The van der Waals surface area contributed by atoms with Gasteiger partial charge in [-0.05, 0) is 68.4 Å². The molecule has 4 N–H and O–H groups in total. The first-order valence-electron chi connectivity index (χ1n) is 14.7. The van der Waals surface area contributed by atoms with Crippen LogP contribution in [0.25, 0.3) is 0 Å². The molecule has 1 atom stereocenters. The van der Waals surface area contributed by atoms with Gasteiger partial charge in [-0.3, -0.25) is 0 Å². The molecule has 3 rings (SSSR count). The molecule has 9 nitrogen and oxygen atoms in total. The van der Waals surface area contributed by atoms with Crippen molar-refractivity contribution >= 4 is 51.0 Å². The lowest BCUT2D eigenvalue weighted by Gasteiger charge is -2.32. The lowest BCUT2D eigenvalue weighted by atomic mass is 9.96. The Kier molecular flexibility index (Phi) is 13.7. The fourth-order valence-corrected chi connectivity index (χ4v) is 6.93. The molecule has 232 valence electrons. The zero-order valence-electron chi connectivity index (χ0n) is 24.4. The minimum Gasteiger partial charge on any atom is -0.335 e. The first kappa shape index (κ1) is 34.0. The van der Waals surface area contributed by atoms with Gasteiger partial charge in [-0.25, -0.2) is 22.7 Å². The number of nitrogens with zero attached hydrogens (tertiary/aromatic N) is 1. The molecule has 4 amide bonds. The highest BCUT2D eigenvalue weighted by Gasteiger charge is 2.24. The molecule has 0 heterocycles. The lowest BCUT2D eigenvalue weighted by Crippen LogP contribution is -2.52. The van der Waals surface area contributed by atoms with Crippen molar-refractivity contribution in [3.05, 3.63) is 58.6 Å². The van der Waals surface area contributed by atoms with Crippen LogP contribution in [0, 0.1) is 5.92 Å². The number of anilines is 1. The molecular weight excluding hydrogens is 597 g/mol. The van der Waals surface area contributed by atoms with Gasteiger partial charge < -0.3 is 20.9 Å². The molecular formula is C30H43Cl2N5O4S. The van der Waals surface area contributed by atoms with Crippen molar-refractivity contribution in [1.29, 1.82) is 0 Å². The second-order valence-electron chi connectivity index (χ2n) is 11.2. The van der Waals surface area contributed by atoms with Crippen molar-refractivity contribution in [3.8, 4) is 0 Å². The molecule has 0 aromatic heterocycles. The topological polar surface area (TPSA) is 120 Å². The fourth-order valence-electron chi connectivity index (χ4n) is 5.08. The number of para-hydroxylation sites is 1. The minimum atomic E-state index is -3.80. The fraction of sp³-hybridized carbons (Fsp3) is 0.533. The van der Waals surface area contributed by atoms with Crippen LogP contribution < -0.4 is 20.7 Å². The highest BCUT2D eigenvalue weighted by Crippen LogP contribution is 2.25. The number of amides is 4. The predicted octanol–water partition coefficient (Wildman–Crippen LogP) is 6.63. The van der Waals surface area contributed by atoms with Crippen LogP contribution in [0.15, 0.2) is 53.4 Å². The quantitative estimate of drug-likeness (QED) is 0.173. The van der Waals surface area contributed by atoms with Crippen LogP contribution in [0.4, 0.5) is 15.3 Å². The highest BCUT2D eigenvalue weighted by atomic mass is 35.5. The SMILES string of the molecule is CC(C)C[C@H](CN(CCCCNS(=O)(=O)c1ccc(Cl)cc1Cl)C(=O)NC1CCCCC1)NC(=O)Nc1ccccc1. The van der Waals surface area contributed by atoms with Crippen LogP contribution >= 0.6 is 23.2 Å². The van der Waals surface area contributed by atoms with E-state index in [0.29, 0.717) is 49.0 Å². The molecule has 2 aromatic rings.